The summed E-state index contributed by atoms with van der Waals surface area (Å²) in [5.74, 6) is -1.55. The minimum Gasteiger partial charge on any atom is -0.480 e. The van der Waals surface area contributed by atoms with Gasteiger partial charge in [-0.15, -0.1) is 0 Å². The van der Waals surface area contributed by atoms with Crippen molar-refractivity contribution in [1.29, 1.82) is 0 Å². The second-order valence-electron chi connectivity index (χ2n) is 4.38. The van der Waals surface area contributed by atoms with Crippen LogP contribution in [0.25, 0.3) is 0 Å². The third-order valence-corrected chi connectivity index (χ3v) is 3.30. The zero-order valence-corrected chi connectivity index (χ0v) is 12.1. The summed E-state index contributed by atoms with van der Waals surface area (Å²) in [5, 5.41) is 8.85. The number of hydrogen-bond acceptors (Lipinski definition) is 4. The van der Waals surface area contributed by atoms with Crippen molar-refractivity contribution in [3.05, 3.63) is 29.8 Å². The molecule has 0 aliphatic rings. The van der Waals surface area contributed by atoms with E-state index in [9.17, 15) is 18.0 Å². The van der Waals surface area contributed by atoms with Crippen LogP contribution < -0.4 is 4.72 Å². The van der Waals surface area contributed by atoms with E-state index in [0.29, 0.717) is 5.69 Å². The molecular weight excluding hydrogens is 284 g/mol. The van der Waals surface area contributed by atoms with E-state index in [0.717, 1.165) is 11.2 Å². The monoisotopic (exact) mass is 300 g/mol. The number of hydrogen-bond donors (Lipinski definition) is 2. The first-order valence-electron chi connectivity index (χ1n) is 5.69. The molecule has 1 rings (SSSR count). The number of carbonyl (C=O) groups is 2. The number of carboxylic acids is 1. The van der Waals surface area contributed by atoms with Crippen LogP contribution in [0.4, 0.5) is 5.69 Å². The highest BCUT2D eigenvalue weighted by atomic mass is 32.2. The maximum absolute atomic E-state index is 12.0. The van der Waals surface area contributed by atoms with Gasteiger partial charge in [-0.3, -0.25) is 9.52 Å². The van der Waals surface area contributed by atoms with Crippen LogP contribution in [0.3, 0.4) is 0 Å². The number of benzene rings is 1. The Morgan fingerprint density at radius 3 is 2.15 bits per heavy atom. The lowest BCUT2D eigenvalue weighted by Gasteiger charge is -2.21. The summed E-state index contributed by atoms with van der Waals surface area (Å²) in [5.41, 5.74) is 0.609. The van der Waals surface area contributed by atoms with E-state index in [-0.39, 0.29) is 5.56 Å². The number of carbonyl (C=O) groups excluding carboxylic acids is 1. The summed E-state index contributed by atoms with van der Waals surface area (Å²) in [7, 11) is -1.98. The highest BCUT2D eigenvalue weighted by Gasteiger charge is 2.22. The summed E-state index contributed by atoms with van der Waals surface area (Å²) < 4.78 is 24.4. The minimum atomic E-state index is -3.37. The van der Waals surface area contributed by atoms with Crippen LogP contribution in [-0.2, 0) is 14.8 Å². The van der Waals surface area contributed by atoms with E-state index in [1.807, 2.05) is 0 Å². The van der Waals surface area contributed by atoms with Crippen LogP contribution in [-0.4, -0.2) is 49.6 Å². The molecule has 1 atom stereocenters. The van der Waals surface area contributed by atoms with Crippen LogP contribution >= 0.6 is 0 Å². The molecule has 7 nitrogen and oxygen atoms in total. The molecule has 0 fully saturated rings. The molecule has 1 amide bonds. The first kappa shape index (κ1) is 16.0. The Kier molecular flexibility index (Phi) is 4.72. The largest absolute Gasteiger partial charge is 0.480 e. The number of anilines is 1. The van der Waals surface area contributed by atoms with Crippen molar-refractivity contribution in [2.45, 2.75) is 13.0 Å². The van der Waals surface area contributed by atoms with Gasteiger partial charge in [0, 0.05) is 18.3 Å². The lowest BCUT2D eigenvalue weighted by Crippen LogP contribution is -2.40. The van der Waals surface area contributed by atoms with Gasteiger partial charge < -0.3 is 10.0 Å². The zero-order chi connectivity index (χ0) is 15.5. The Morgan fingerprint density at radius 1 is 1.25 bits per heavy atom. The number of likely N-dealkylation sites (N-methyl/N-ethyl adjacent to an activating group) is 1. The maximum Gasteiger partial charge on any atom is 0.326 e. The Hall–Kier alpha value is -2.09. The SMILES string of the molecule is CC(C(=O)O)N(C)C(=O)c1ccc(NS(C)(=O)=O)cc1. The predicted octanol–water partition coefficient (Wildman–Crippen LogP) is 0.603. The molecular formula is C12H16N2O5S. The van der Waals surface area contributed by atoms with Gasteiger partial charge >= 0.3 is 5.97 Å². The molecule has 0 spiro atoms. The van der Waals surface area contributed by atoms with E-state index >= 15 is 0 Å². The van der Waals surface area contributed by atoms with Crippen molar-refractivity contribution in [2.75, 3.05) is 18.0 Å². The predicted molar refractivity (Wildman–Crippen MR) is 74.1 cm³/mol. The standard InChI is InChI=1S/C12H16N2O5S/c1-8(12(16)17)14(2)11(15)9-4-6-10(7-5-9)13-20(3,18)19/h4-8,13H,1-3H3,(H,16,17). The van der Waals surface area contributed by atoms with E-state index < -0.39 is 27.9 Å². The fourth-order valence-electron chi connectivity index (χ4n) is 1.44. The second-order valence-corrected chi connectivity index (χ2v) is 6.13. The van der Waals surface area contributed by atoms with E-state index in [2.05, 4.69) is 4.72 Å². The van der Waals surface area contributed by atoms with Gasteiger partial charge in [0.05, 0.1) is 6.26 Å². The van der Waals surface area contributed by atoms with Gasteiger partial charge in [0.25, 0.3) is 5.91 Å². The molecule has 2 N–H and O–H groups in total. The summed E-state index contributed by atoms with van der Waals surface area (Å²) in [6.07, 6.45) is 1.02. The first-order chi connectivity index (χ1) is 9.11. The Morgan fingerprint density at radius 2 is 1.75 bits per heavy atom. The van der Waals surface area contributed by atoms with Gasteiger partial charge in [0.1, 0.15) is 6.04 Å². The van der Waals surface area contributed by atoms with Gasteiger partial charge in [-0.05, 0) is 31.2 Å². The van der Waals surface area contributed by atoms with Crippen molar-refractivity contribution >= 4 is 27.6 Å². The Bertz CT molecular complexity index is 609. The summed E-state index contributed by atoms with van der Waals surface area (Å²) in [4.78, 5) is 23.9. The van der Waals surface area contributed by atoms with E-state index in [4.69, 9.17) is 5.11 Å². The van der Waals surface area contributed by atoms with Crippen molar-refractivity contribution in [1.82, 2.24) is 4.90 Å². The molecule has 0 aliphatic carbocycles. The number of aliphatic carboxylic acids is 1. The fraction of sp³-hybridized carbons (Fsp3) is 0.333. The third kappa shape index (κ3) is 4.23. The van der Waals surface area contributed by atoms with Crippen molar-refractivity contribution < 1.29 is 23.1 Å². The van der Waals surface area contributed by atoms with Crippen LogP contribution in [0.15, 0.2) is 24.3 Å². The fourth-order valence-corrected chi connectivity index (χ4v) is 2.00. The normalized spacial score (nSPS) is 12.6. The van der Waals surface area contributed by atoms with Gasteiger partial charge in [-0.2, -0.15) is 0 Å². The van der Waals surface area contributed by atoms with Crippen LogP contribution in [0.2, 0.25) is 0 Å². The third-order valence-electron chi connectivity index (χ3n) is 2.69. The Labute approximate surface area is 117 Å². The average molecular weight is 300 g/mol. The highest BCUT2D eigenvalue weighted by molar-refractivity contribution is 7.92. The number of amides is 1. The number of rotatable bonds is 5. The highest BCUT2D eigenvalue weighted by Crippen LogP contribution is 2.13. The number of nitrogens with one attached hydrogen (secondary N) is 1. The minimum absolute atomic E-state index is 0.277. The lowest BCUT2D eigenvalue weighted by atomic mass is 10.1. The average Bonchev–Trinajstić information content (AvgIpc) is 2.35. The summed E-state index contributed by atoms with van der Waals surface area (Å²) in [6.45, 7) is 1.40. The quantitative estimate of drug-likeness (QED) is 0.829. The smallest absolute Gasteiger partial charge is 0.326 e. The van der Waals surface area contributed by atoms with Gasteiger partial charge in [0.15, 0.2) is 0 Å². The molecule has 1 aromatic rings. The molecule has 1 aromatic carbocycles. The second kappa shape index (κ2) is 5.91. The maximum atomic E-state index is 12.0. The number of sulfonamides is 1. The topological polar surface area (TPSA) is 104 Å². The molecule has 110 valence electrons. The molecule has 20 heavy (non-hydrogen) atoms. The van der Waals surface area contributed by atoms with Crippen molar-refractivity contribution in [3.63, 3.8) is 0 Å². The number of carboxylic acid groups (broad SMARTS) is 1. The van der Waals surface area contributed by atoms with Crippen LogP contribution in [0.1, 0.15) is 17.3 Å². The molecule has 1 unspecified atom stereocenters. The molecule has 0 aromatic heterocycles. The molecule has 0 radical (unpaired) electrons. The van der Waals surface area contributed by atoms with Gasteiger partial charge in [0.2, 0.25) is 10.0 Å². The first-order valence-corrected chi connectivity index (χ1v) is 7.59. The van der Waals surface area contributed by atoms with Crippen molar-refractivity contribution in [2.24, 2.45) is 0 Å². The molecule has 0 aliphatic heterocycles. The molecule has 0 heterocycles. The van der Waals surface area contributed by atoms with E-state index in [1.165, 1.54) is 38.2 Å². The van der Waals surface area contributed by atoms with Crippen LogP contribution in [0.5, 0.6) is 0 Å². The Balaban J connectivity index is 2.88. The summed E-state index contributed by atoms with van der Waals surface area (Å²) >= 11 is 0. The van der Waals surface area contributed by atoms with Crippen molar-refractivity contribution in [3.8, 4) is 0 Å². The zero-order valence-electron chi connectivity index (χ0n) is 11.3. The summed E-state index contributed by atoms with van der Waals surface area (Å²) in [6, 6.07) is 4.79. The molecule has 8 heteroatoms. The van der Waals surface area contributed by atoms with Gasteiger partial charge in [-0.1, -0.05) is 0 Å². The van der Waals surface area contributed by atoms with Crippen LogP contribution in [0, 0.1) is 0 Å². The molecule has 0 bridgehead atoms. The molecule has 0 saturated carbocycles. The molecule has 0 saturated heterocycles. The van der Waals surface area contributed by atoms with Gasteiger partial charge in [-0.25, -0.2) is 13.2 Å². The van der Waals surface area contributed by atoms with E-state index in [1.54, 1.807) is 0 Å². The lowest BCUT2D eigenvalue weighted by molar-refractivity contribution is -0.141. The number of nitrogens with zero attached hydrogens (tertiary/aromatic N) is 1.